The monoisotopic (exact) mass is 259 g/mol. The van der Waals surface area contributed by atoms with Crippen molar-refractivity contribution in [1.82, 2.24) is 9.78 Å². The molecular formula is C16H25N3. The van der Waals surface area contributed by atoms with Gasteiger partial charge in [-0.05, 0) is 74.8 Å². The highest BCUT2D eigenvalue weighted by Gasteiger charge is 2.53. The molecule has 0 aliphatic heterocycles. The van der Waals surface area contributed by atoms with E-state index in [0.29, 0.717) is 5.41 Å². The number of aromatic nitrogens is 2. The van der Waals surface area contributed by atoms with E-state index in [9.17, 15) is 0 Å². The first-order valence-electron chi connectivity index (χ1n) is 7.91. The van der Waals surface area contributed by atoms with Gasteiger partial charge in [-0.25, -0.2) is 0 Å². The number of aryl methyl sites for hydroxylation is 1. The normalized spacial score (nSPS) is 40.0. The Kier molecular flexibility index (Phi) is 2.57. The minimum atomic E-state index is 0.417. The summed E-state index contributed by atoms with van der Waals surface area (Å²) in [5.41, 5.74) is 9.05. The first kappa shape index (κ1) is 12.0. The second kappa shape index (κ2) is 4.08. The second-order valence-corrected chi connectivity index (χ2v) is 7.41. The van der Waals surface area contributed by atoms with Gasteiger partial charge < -0.3 is 5.73 Å². The summed E-state index contributed by atoms with van der Waals surface area (Å²) >= 11 is 0. The topological polar surface area (TPSA) is 43.8 Å². The molecule has 4 aliphatic carbocycles. The number of nitrogens with two attached hydrogens (primary N) is 1. The summed E-state index contributed by atoms with van der Waals surface area (Å²) in [4.78, 5) is 0. The molecule has 0 atom stereocenters. The first-order valence-corrected chi connectivity index (χ1v) is 7.91. The van der Waals surface area contributed by atoms with Crippen molar-refractivity contribution in [2.24, 2.45) is 30.5 Å². The van der Waals surface area contributed by atoms with Gasteiger partial charge >= 0.3 is 0 Å². The molecule has 0 amide bonds. The molecule has 1 aromatic rings. The molecule has 104 valence electrons. The largest absolute Gasteiger partial charge is 0.330 e. The molecule has 5 rings (SSSR count). The summed E-state index contributed by atoms with van der Waals surface area (Å²) in [6.07, 6.45) is 11.9. The molecule has 3 nitrogen and oxygen atoms in total. The zero-order valence-electron chi connectivity index (χ0n) is 11.9. The molecule has 1 heterocycles. The summed E-state index contributed by atoms with van der Waals surface area (Å²) in [5, 5.41) is 4.88. The van der Waals surface area contributed by atoms with E-state index in [1.807, 2.05) is 4.68 Å². The number of hydrogen-bond acceptors (Lipinski definition) is 2. The number of hydrogen-bond donors (Lipinski definition) is 1. The lowest BCUT2D eigenvalue weighted by Crippen LogP contribution is -2.49. The fraction of sp³-hybridized carbons (Fsp3) is 0.812. The third-order valence-electron chi connectivity index (χ3n) is 5.86. The Morgan fingerprint density at radius 2 is 1.79 bits per heavy atom. The Bertz CT molecular complexity index is 453. The molecule has 0 aromatic carbocycles. The van der Waals surface area contributed by atoms with E-state index in [1.54, 1.807) is 0 Å². The average molecular weight is 259 g/mol. The summed E-state index contributed by atoms with van der Waals surface area (Å²) in [6.45, 7) is 0.741. The van der Waals surface area contributed by atoms with Gasteiger partial charge in [-0.15, -0.1) is 0 Å². The standard InChI is InChI=1S/C16H25N3/c1-19-10-14(2-3-17)15(18-19)16-7-11-4-12(8-16)6-13(5-11)9-16/h10-13H,2-9,17H2,1H3. The van der Waals surface area contributed by atoms with Gasteiger partial charge in [-0.2, -0.15) is 5.10 Å². The maximum absolute atomic E-state index is 5.79. The molecule has 4 bridgehead atoms. The average Bonchev–Trinajstić information content (AvgIpc) is 2.70. The molecule has 2 N–H and O–H groups in total. The van der Waals surface area contributed by atoms with Gasteiger partial charge in [0.25, 0.3) is 0 Å². The lowest BCUT2D eigenvalue weighted by molar-refractivity contribution is -0.00779. The second-order valence-electron chi connectivity index (χ2n) is 7.41. The predicted octanol–water partition coefficient (Wildman–Crippen LogP) is 2.39. The van der Waals surface area contributed by atoms with E-state index in [4.69, 9.17) is 10.8 Å². The van der Waals surface area contributed by atoms with Crippen molar-refractivity contribution in [3.05, 3.63) is 17.5 Å². The van der Waals surface area contributed by atoms with Crippen molar-refractivity contribution in [3.8, 4) is 0 Å². The van der Waals surface area contributed by atoms with Crippen molar-refractivity contribution in [1.29, 1.82) is 0 Å². The fourth-order valence-corrected chi connectivity index (χ4v) is 5.72. The van der Waals surface area contributed by atoms with Crippen molar-refractivity contribution < 1.29 is 0 Å². The van der Waals surface area contributed by atoms with Crippen LogP contribution < -0.4 is 5.73 Å². The van der Waals surface area contributed by atoms with Gasteiger partial charge in [0.05, 0.1) is 5.69 Å². The van der Waals surface area contributed by atoms with Gasteiger partial charge in [0.1, 0.15) is 0 Å². The maximum atomic E-state index is 5.79. The number of rotatable bonds is 3. The summed E-state index contributed by atoms with van der Waals surface area (Å²) in [6, 6.07) is 0. The van der Waals surface area contributed by atoms with Gasteiger partial charge in [-0.1, -0.05) is 0 Å². The van der Waals surface area contributed by atoms with E-state index < -0.39 is 0 Å². The Hall–Kier alpha value is -0.830. The third kappa shape index (κ3) is 1.78. The van der Waals surface area contributed by atoms with Crippen LogP contribution in [0.1, 0.15) is 49.8 Å². The van der Waals surface area contributed by atoms with Crippen LogP contribution >= 0.6 is 0 Å². The van der Waals surface area contributed by atoms with E-state index in [1.165, 1.54) is 49.8 Å². The Labute approximate surface area is 115 Å². The van der Waals surface area contributed by atoms with Crippen LogP contribution in [0.15, 0.2) is 6.20 Å². The van der Waals surface area contributed by atoms with Crippen molar-refractivity contribution in [3.63, 3.8) is 0 Å². The Balaban J connectivity index is 1.75. The molecule has 0 radical (unpaired) electrons. The molecule has 0 saturated heterocycles. The molecule has 3 heteroatoms. The molecule has 0 spiro atoms. The van der Waals surface area contributed by atoms with Crippen LogP contribution in [0.3, 0.4) is 0 Å². The zero-order valence-corrected chi connectivity index (χ0v) is 11.9. The molecule has 19 heavy (non-hydrogen) atoms. The van der Waals surface area contributed by atoms with Crippen LogP contribution in [0.2, 0.25) is 0 Å². The summed E-state index contributed by atoms with van der Waals surface area (Å²) in [7, 11) is 2.06. The quantitative estimate of drug-likeness (QED) is 0.906. The van der Waals surface area contributed by atoms with E-state index >= 15 is 0 Å². The van der Waals surface area contributed by atoms with Gasteiger partial charge in [0.2, 0.25) is 0 Å². The SMILES string of the molecule is Cn1cc(CCN)c(C23CC4CC(CC(C4)C2)C3)n1. The Morgan fingerprint density at radius 3 is 2.32 bits per heavy atom. The molecule has 4 saturated carbocycles. The molecular weight excluding hydrogens is 234 g/mol. The third-order valence-corrected chi connectivity index (χ3v) is 5.86. The highest BCUT2D eigenvalue weighted by atomic mass is 15.3. The minimum absolute atomic E-state index is 0.417. The molecule has 4 aliphatic rings. The van der Waals surface area contributed by atoms with Crippen molar-refractivity contribution in [2.75, 3.05) is 6.54 Å². The van der Waals surface area contributed by atoms with Gasteiger partial charge in [-0.3, -0.25) is 4.68 Å². The van der Waals surface area contributed by atoms with Gasteiger partial charge in [0.15, 0.2) is 0 Å². The van der Waals surface area contributed by atoms with Crippen LogP contribution in [0.4, 0.5) is 0 Å². The lowest BCUT2D eigenvalue weighted by Gasteiger charge is -2.56. The van der Waals surface area contributed by atoms with Crippen LogP contribution in [0.25, 0.3) is 0 Å². The summed E-state index contributed by atoms with van der Waals surface area (Å²) < 4.78 is 2.01. The molecule has 1 aromatic heterocycles. The van der Waals surface area contributed by atoms with Crippen LogP contribution in [-0.4, -0.2) is 16.3 Å². The highest BCUT2D eigenvalue weighted by Crippen LogP contribution is 2.60. The first-order chi connectivity index (χ1) is 9.18. The molecule has 0 unspecified atom stereocenters. The highest BCUT2D eigenvalue weighted by molar-refractivity contribution is 5.30. The molecule has 4 fully saturated rings. The number of nitrogens with zero attached hydrogens (tertiary/aromatic N) is 2. The lowest BCUT2D eigenvalue weighted by atomic mass is 9.48. The van der Waals surface area contributed by atoms with Gasteiger partial charge in [0, 0.05) is 18.7 Å². The van der Waals surface area contributed by atoms with Crippen LogP contribution in [-0.2, 0) is 18.9 Å². The maximum Gasteiger partial charge on any atom is 0.0718 e. The zero-order chi connectivity index (χ0) is 13.0. The summed E-state index contributed by atoms with van der Waals surface area (Å²) in [5.74, 6) is 2.96. The van der Waals surface area contributed by atoms with E-state index in [2.05, 4.69) is 13.2 Å². The van der Waals surface area contributed by atoms with E-state index in [0.717, 1.165) is 30.7 Å². The van der Waals surface area contributed by atoms with Crippen LogP contribution in [0.5, 0.6) is 0 Å². The van der Waals surface area contributed by atoms with Crippen LogP contribution in [0, 0.1) is 17.8 Å². The van der Waals surface area contributed by atoms with E-state index in [-0.39, 0.29) is 0 Å². The van der Waals surface area contributed by atoms with Crippen molar-refractivity contribution in [2.45, 2.75) is 50.4 Å². The predicted molar refractivity (Wildman–Crippen MR) is 75.8 cm³/mol. The van der Waals surface area contributed by atoms with Crippen molar-refractivity contribution >= 4 is 0 Å². The smallest absolute Gasteiger partial charge is 0.0718 e. The Morgan fingerprint density at radius 1 is 1.21 bits per heavy atom. The minimum Gasteiger partial charge on any atom is -0.330 e. The fourth-order valence-electron chi connectivity index (χ4n) is 5.72.